The Labute approximate surface area is 160 Å². The van der Waals surface area contributed by atoms with Gasteiger partial charge in [0.1, 0.15) is 5.01 Å². The van der Waals surface area contributed by atoms with Crippen LogP contribution in [0.4, 0.5) is 24.0 Å². The number of benzene rings is 1. The number of nitrogens with one attached hydrogen (secondary N) is 1. The van der Waals surface area contributed by atoms with Crippen molar-refractivity contribution in [3.8, 4) is 0 Å². The summed E-state index contributed by atoms with van der Waals surface area (Å²) in [6.07, 6.45) is -1.96. The first-order chi connectivity index (χ1) is 12.7. The van der Waals surface area contributed by atoms with Crippen LogP contribution in [0.2, 0.25) is 0 Å². The molecule has 0 spiro atoms. The minimum absolute atomic E-state index is 0.0240. The molecule has 0 atom stereocenters. The second kappa shape index (κ2) is 9.13. The normalized spacial score (nSPS) is 11.4. The zero-order chi connectivity index (χ0) is 20.0. The van der Waals surface area contributed by atoms with Gasteiger partial charge in [-0.2, -0.15) is 13.2 Å². The summed E-state index contributed by atoms with van der Waals surface area (Å²) in [7, 11) is 0. The van der Waals surface area contributed by atoms with Crippen molar-refractivity contribution in [2.24, 2.45) is 0 Å². The molecule has 0 aliphatic carbocycles. The van der Waals surface area contributed by atoms with E-state index in [2.05, 4.69) is 15.5 Å². The largest absolute Gasteiger partial charge is 0.416 e. The third-order valence-electron chi connectivity index (χ3n) is 3.30. The average molecular weight is 420 g/mol. The molecule has 0 unspecified atom stereocenters. The SMILES string of the molecule is CCCCc1nnc(NC(=O)CSc2ccc(C(F)(F)F)cc2[N+](=O)[O-])s1. The fraction of sp³-hybridized carbons (Fsp3) is 0.400. The summed E-state index contributed by atoms with van der Waals surface area (Å²) in [5.41, 5.74) is -1.81. The first-order valence-corrected chi connectivity index (χ1v) is 9.61. The molecule has 27 heavy (non-hydrogen) atoms. The van der Waals surface area contributed by atoms with Crippen molar-refractivity contribution < 1.29 is 22.9 Å². The number of unbranched alkanes of at least 4 members (excludes halogenated alkanes) is 1. The van der Waals surface area contributed by atoms with Gasteiger partial charge in [-0.05, 0) is 18.6 Å². The summed E-state index contributed by atoms with van der Waals surface area (Å²) >= 11 is 2.02. The molecule has 0 saturated heterocycles. The Hall–Kier alpha value is -2.21. The van der Waals surface area contributed by atoms with Crippen molar-refractivity contribution in [1.82, 2.24) is 10.2 Å². The molecule has 1 N–H and O–H groups in total. The molecule has 0 bridgehead atoms. The Morgan fingerprint density at radius 1 is 1.37 bits per heavy atom. The number of hydrogen-bond donors (Lipinski definition) is 1. The number of nitro benzene ring substituents is 1. The van der Waals surface area contributed by atoms with Crippen LogP contribution in [0.5, 0.6) is 0 Å². The number of aryl methyl sites for hydroxylation is 1. The molecule has 0 radical (unpaired) electrons. The summed E-state index contributed by atoms with van der Waals surface area (Å²) in [6.45, 7) is 2.04. The van der Waals surface area contributed by atoms with E-state index in [1.54, 1.807) is 0 Å². The van der Waals surface area contributed by atoms with Crippen LogP contribution in [0.3, 0.4) is 0 Å². The summed E-state index contributed by atoms with van der Waals surface area (Å²) in [5, 5.41) is 22.5. The van der Waals surface area contributed by atoms with Gasteiger partial charge in [0.2, 0.25) is 11.0 Å². The molecule has 0 aliphatic rings. The van der Waals surface area contributed by atoms with Crippen molar-refractivity contribution in [1.29, 1.82) is 0 Å². The Balaban J connectivity index is 2.00. The highest BCUT2D eigenvalue weighted by atomic mass is 32.2. The van der Waals surface area contributed by atoms with Crippen molar-refractivity contribution >= 4 is 39.8 Å². The molecule has 0 aliphatic heterocycles. The average Bonchev–Trinajstić information content (AvgIpc) is 3.04. The summed E-state index contributed by atoms with van der Waals surface area (Å²) in [5.74, 6) is -0.691. The second-order valence-electron chi connectivity index (χ2n) is 5.38. The van der Waals surface area contributed by atoms with Gasteiger partial charge in [0.15, 0.2) is 0 Å². The minimum Gasteiger partial charge on any atom is -0.300 e. The van der Waals surface area contributed by atoms with Crippen molar-refractivity contribution in [3.05, 3.63) is 38.9 Å². The molecular formula is C15H15F3N4O3S2. The van der Waals surface area contributed by atoms with Gasteiger partial charge in [-0.3, -0.25) is 20.2 Å². The van der Waals surface area contributed by atoms with Gasteiger partial charge in [-0.1, -0.05) is 24.7 Å². The monoisotopic (exact) mass is 420 g/mol. The van der Waals surface area contributed by atoms with E-state index < -0.39 is 28.3 Å². The van der Waals surface area contributed by atoms with E-state index in [0.717, 1.165) is 48.2 Å². The maximum Gasteiger partial charge on any atom is 0.416 e. The maximum atomic E-state index is 12.7. The highest BCUT2D eigenvalue weighted by molar-refractivity contribution is 8.00. The summed E-state index contributed by atoms with van der Waals surface area (Å²) < 4.78 is 38.1. The number of nitrogens with zero attached hydrogens (tertiary/aromatic N) is 3. The van der Waals surface area contributed by atoms with Gasteiger partial charge in [0, 0.05) is 12.5 Å². The topological polar surface area (TPSA) is 98.0 Å². The first-order valence-electron chi connectivity index (χ1n) is 7.81. The van der Waals surface area contributed by atoms with Gasteiger partial charge >= 0.3 is 6.18 Å². The predicted octanol–water partition coefficient (Wildman–Crippen LogP) is 4.54. The molecule has 2 aromatic rings. The Morgan fingerprint density at radius 3 is 2.74 bits per heavy atom. The Morgan fingerprint density at radius 2 is 2.11 bits per heavy atom. The molecule has 2 rings (SSSR count). The van der Waals surface area contributed by atoms with E-state index in [-0.39, 0.29) is 10.6 Å². The smallest absolute Gasteiger partial charge is 0.300 e. The van der Waals surface area contributed by atoms with Crippen LogP contribution >= 0.6 is 23.1 Å². The highest BCUT2D eigenvalue weighted by Gasteiger charge is 2.33. The quantitative estimate of drug-likeness (QED) is 0.383. The highest BCUT2D eigenvalue weighted by Crippen LogP contribution is 2.36. The number of hydrogen-bond acceptors (Lipinski definition) is 7. The number of alkyl halides is 3. The summed E-state index contributed by atoms with van der Waals surface area (Å²) in [6, 6.07) is 2.20. The molecule has 0 saturated carbocycles. The van der Waals surface area contributed by atoms with Crippen molar-refractivity contribution in [2.75, 3.05) is 11.1 Å². The molecule has 12 heteroatoms. The molecule has 1 amide bonds. The van der Waals surface area contributed by atoms with Crippen LogP contribution in [0.25, 0.3) is 0 Å². The Kier molecular flexibility index (Phi) is 7.13. The maximum absolute atomic E-state index is 12.7. The second-order valence-corrected chi connectivity index (χ2v) is 7.46. The molecule has 0 fully saturated rings. The van der Waals surface area contributed by atoms with E-state index >= 15 is 0 Å². The van der Waals surface area contributed by atoms with Crippen LogP contribution in [-0.2, 0) is 17.4 Å². The van der Waals surface area contributed by atoms with E-state index in [9.17, 15) is 28.1 Å². The first kappa shape index (κ1) is 21.1. The molecular weight excluding hydrogens is 405 g/mol. The number of anilines is 1. The van der Waals surface area contributed by atoms with E-state index in [1.165, 1.54) is 11.3 Å². The number of carbonyl (C=O) groups excluding carboxylic acids is 1. The van der Waals surface area contributed by atoms with Crippen molar-refractivity contribution in [3.63, 3.8) is 0 Å². The zero-order valence-corrected chi connectivity index (χ0v) is 15.7. The van der Waals surface area contributed by atoms with Crippen molar-refractivity contribution in [2.45, 2.75) is 37.3 Å². The lowest BCUT2D eigenvalue weighted by atomic mass is 10.2. The van der Waals surface area contributed by atoms with E-state index in [4.69, 9.17) is 0 Å². The van der Waals surface area contributed by atoms with E-state index in [1.807, 2.05) is 6.92 Å². The fourth-order valence-corrected chi connectivity index (χ4v) is 3.59. The van der Waals surface area contributed by atoms with Gasteiger partial charge < -0.3 is 0 Å². The van der Waals surface area contributed by atoms with Gasteiger partial charge in [0.25, 0.3) is 5.69 Å². The number of thioether (sulfide) groups is 1. The molecule has 146 valence electrons. The number of amides is 1. The lowest BCUT2D eigenvalue weighted by molar-refractivity contribution is -0.388. The van der Waals surface area contributed by atoms with Gasteiger partial charge in [0.05, 0.1) is 21.1 Å². The third kappa shape index (κ3) is 6.17. The lowest BCUT2D eigenvalue weighted by Gasteiger charge is -2.08. The van der Waals surface area contributed by atoms with Crippen LogP contribution in [0.1, 0.15) is 30.3 Å². The number of carbonyl (C=O) groups is 1. The molecule has 1 heterocycles. The third-order valence-corrected chi connectivity index (χ3v) is 5.26. The van der Waals surface area contributed by atoms with Gasteiger partial charge in [-0.15, -0.1) is 22.0 Å². The minimum atomic E-state index is -4.68. The molecule has 7 nitrogen and oxygen atoms in total. The van der Waals surface area contributed by atoms with Crippen LogP contribution in [0.15, 0.2) is 23.1 Å². The Bertz CT molecular complexity index is 827. The van der Waals surface area contributed by atoms with Gasteiger partial charge in [-0.25, -0.2) is 0 Å². The van der Waals surface area contributed by atoms with Crippen LogP contribution < -0.4 is 5.32 Å². The van der Waals surface area contributed by atoms with Crippen LogP contribution in [0, 0.1) is 10.1 Å². The lowest BCUT2D eigenvalue weighted by Crippen LogP contribution is -2.14. The molecule has 1 aromatic carbocycles. The number of aromatic nitrogens is 2. The van der Waals surface area contributed by atoms with E-state index in [0.29, 0.717) is 11.2 Å². The number of rotatable bonds is 8. The number of halogens is 3. The standard InChI is InChI=1S/C15H15F3N4O3S2/c1-2-3-4-13-20-21-14(27-13)19-12(23)8-26-11-6-5-9(15(16,17)18)7-10(11)22(24)25/h5-7H,2-4,8H2,1H3,(H,19,21,23). The number of nitro groups is 1. The molecule has 1 aromatic heterocycles. The zero-order valence-electron chi connectivity index (χ0n) is 14.1. The fourth-order valence-electron chi connectivity index (χ4n) is 1.99. The van der Waals surface area contributed by atoms with Crippen LogP contribution in [-0.4, -0.2) is 26.8 Å². The summed E-state index contributed by atoms with van der Waals surface area (Å²) in [4.78, 5) is 22.1. The predicted molar refractivity (Wildman–Crippen MR) is 96.0 cm³/mol.